The van der Waals surface area contributed by atoms with Crippen molar-refractivity contribution in [1.29, 1.82) is 0 Å². The first-order valence-electron chi connectivity index (χ1n) is 7.84. The SMILES string of the molecule is CNC(=O)c1ccc([N+](=O)[O-])cc1.c1ccc(Oc2ccccc2)cc1. The van der Waals surface area contributed by atoms with E-state index >= 15 is 0 Å². The fraction of sp³-hybridized carbons (Fsp3) is 0.0500. The van der Waals surface area contributed by atoms with Crippen LogP contribution >= 0.6 is 0 Å². The average molecular weight is 350 g/mol. The minimum absolute atomic E-state index is 0.0207. The van der Waals surface area contributed by atoms with Crippen LogP contribution < -0.4 is 10.1 Å². The lowest BCUT2D eigenvalue weighted by atomic mass is 10.2. The quantitative estimate of drug-likeness (QED) is 0.557. The maximum atomic E-state index is 11.0. The third kappa shape index (κ3) is 5.76. The lowest BCUT2D eigenvalue weighted by Crippen LogP contribution is -2.17. The number of para-hydroxylation sites is 2. The molecule has 0 aliphatic heterocycles. The first-order valence-corrected chi connectivity index (χ1v) is 7.84. The van der Waals surface area contributed by atoms with Crippen LogP contribution in [0.2, 0.25) is 0 Å². The van der Waals surface area contributed by atoms with Gasteiger partial charge in [-0.3, -0.25) is 14.9 Å². The number of non-ortho nitro benzene ring substituents is 1. The molecule has 6 heteroatoms. The van der Waals surface area contributed by atoms with Gasteiger partial charge in [-0.25, -0.2) is 0 Å². The minimum Gasteiger partial charge on any atom is -0.457 e. The van der Waals surface area contributed by atoms with Crippen LogP contribution in [0.4, 0.5) is 5.69 Å². The smallest absolute Gasteiger partial charge is 0.269 e. The number of ether oxygens (including phenoxy) is 1. The lowest BCUT2D eigenvalue weighted by molar-refractivity contribution is -0.384. The molecule has 3 aromatic rings. The molecule has 0 radical (unpaired) electrons. The van der Waals surface area contributed by atoms with Crippen molar-refractivity contribution in [2.75, 3.05) is 7.05 Å². The van der Waals surface area contributed by atoms with Crippen molar-refractivity contribution in [2.24, 2.45) is 0 Å². The Balaban J connectivity index is 0.000000187. The summed E-state index contributed by atoms with van der Waals surface area (Å²) in [5.41, 5.74) is 0.390. The van der Waals surface area contributed by atoms with Crippen molar-refractivity contribution >= 4 is 11.6 Å². The van der Waals surface area contributed by atoms with Gasteiger partial charge in [-0.05, 0) is 36.4 Å². The van der Waals surface area contributed by atoms with Crippen LogP contribution in [0, 0.1) is 10.1 Å². The van der Waals surface area contributed by atoms with Crippen LogP contribution in [0.5, 0.6) is 11.5 Å². The van der Waals surface area contributed by atoms with Gasteiger partial charge < -0.3 is 10.1 Å². The Kier molecular flexibility index (Phi) is 6.88. The van der Waals surface area contributed by atoms with Gasteiger partial charge in [0.25, 0.3) is 11.6 Å². The molecular formula is C20H18N2O4. The molecule has 0 atom stereocenters. The van der Waals surface area contributed by atoms with Crippen LogP contribution in [-0.4, -0.2) is 17.9 Å². The molecule has 0 unspecified atom stereocenters. The summed E-state index contributed by atoms with van der Waals surface area (Å²) in [4.78, 5) is 20.8. The van der Waals surface area contributed by atoms with Gasteiger partial charge in [0, 0.05) is 24.7 Å². The molecule has 0 aliphatic rings. The Bertz CT molecular complexity index is 797. The first-order chi connectivity index (χ1) is 12.6. The van der Waals surface area contributed by atoms with E-state index in [9.17, 15) is 14.9 Å². The molecule has 0 saturated carbocycles. The number of hydrogen-bond acceptors (Lipinski definition) is 4. The summed E-state index contributed by atoms with van der Waals surface area (Å²) in [5, 5.41) is 12.7. The van der Waals surface area contributed by atoms with Crippen molar-refractivity contribution in [1.82, 2.24) is 5.32 Å². The van der Waals surface area contributed by atoms with Crippen LogP contribution in [0.1, 0.15) is 10.4 Å². The molecule has 6 nitrogen and oxygen atoms in total. The highest BCUT2D eigenvalue weighted by Crippen LogP contribution is 2.19. The molecule has 1 N–H and O–H groups in total. The van der Waals surface area contributed by atoms with Gasteiger partial charge in [-0.1, -0.05) is 36.4 Å². The number of nitro benzene ring substituents is 1. The van der Waals surface area contributed by atoms with Crippen molar-refractivity contribution in [2.45, 2.75) is 0 Å². The van der Waals surface area contributed by atoms with Crippen molar-refractivity contribution in [3.63, 3.8) is 0 Å². The summed E-state index contributed by atoms with van der Waals surface area (Å²) in [6.07, 6.45) is 0. The summed E-state index contributed by atoms with van der Waals surface area (Å²) in [7, 11) is 1.50. The maximum absolute atomic E-state index is 11.0. The Labute approximate surface area is 151 Å². The van der Waals surface area contributed by atoms with Gasteiger partial charge in [0.2, 0.25) is 0 Å². The van der Waals surface area contributed by atoms with Gasteiger partial charge in [-0.15, -0.1) is 0 Å². The van der Waals surface area contributed by atoms with E-state index in [4.69, 9.17) is 4.74 Å². The van der Waals surface area contributed by atoms with Crippen molar-refractivity contribution in [3.05, 3.63) is 101 Å². The number of nitrogens with zero attached hydrogens (tertiary/aromatic N) is 1. The maximum Gasteiger partial charge on any atom is 0.269 e. The number of amides is 1. The zero-order valence-corrected chi connectivity index (χ0v) is 14.2. The van der Waals surface area contributed by atoms with Crippen molar-refractivity contribution < 1.29 is 14.5 Å². The molecule has 0 bridgehead atoms. The first kappa shape index (κ1) is 18.7. The van der Waals surface area contributed by atoms with Crippen LogP contribution in [0.3, 0.4) is 0 Å². The second-order valence-electron chi connectivity index (χ2n) is 5.11. The monoisotopic (exact) mass is 350 g/mol. The Hall–Kier alpha value is -3.67. The van der Waals surface area contributed by atoms with E-state index in [1.165, 1.54) is 31.3 Å². The molecule has 0 aromatic heterocycles. The Morgan fingerprint density at radius 1 is 0.846 bits per heavy atom. The molecule has 26 heavy (non-hydrogen) atoms. The fourth-order valence-corrected chi connectivity index (χ4v) is 1.99. The molecular weight excluding hydrogens is 332 g/mol. The number of hydrogen-bond donors (Lipinski definition) is 1. The highest BCUT2D eigenvalue weighted by molar-refractivity contribution is 5.94. The number of carbonyl (C=O) groups excluding carboxylic acids is 1. The Morgan fingerprint density at radius 2 is 1.31 bits per heavy atom. The molecule has 3 aromatic carbocycles. The van der Waals surface area contributed by atoms with Crippen LogP contribution in [0.15, 0.2) is 84.9 Å². The second-order valence-corrected chi connectivity index (χ2v) is 5.11. The largest absolute Gasteiger partial charge is 0.457 e. The third-order valence-corrected chi connectivity index (χ3v) is 3.29. The molecule has 0 fully saturated rings. The topological polar surface area (TPSA) is 81.5 Å². The van der Waals surface area contributed by atoms with Crippen LogP contribution in [-0.2, 0) is 0 Å². The fourth-order valence-electron chi connectivity index (χ4n) is 1.99. The van der Waals surface area contributed by atoms with E-state index < -0.39 is 4.92 Å². The molecule has 0 aliphatic carbocycles. The third-order valence-electron chi connectivity index (χ3n) is 3.29. The molecule has 132 valence electrons. The van der Waals surface area contributed by atoms with Gasteiger partial charge in [0.05, 0.1) is 4.92 Å². The highest BCUT2D eigenvalue weighted by atomic mass is 16.6. The highest BCUT2D eigenvalue weighted by Gasteiger charge is 2.07. The molecule has 0 saturated heterocycles. The summed E-state index contributed by atoms with van der Waals surface area (Å²) in [5.74, 6) is 1.48. The van der Waals surface area contributed by atoms with E-state index in [0.29, 0.717) is 5.56 Å². The van der Waals surface area contributed by atoms with E-state index in [2.05, 4.69) is 5.32 Å². The minimum atomic E-state index is -0.506. The van der Waals surface area contributed by atoms with E-state index in [0.717, 1.165) is 11.5 Å². The second kappa shape index (κ2) is 9.58. The molecule has 0 spiro atoms. The molecule has 0 heterocycles. The average Bonchev–Trinajstić information content (AvgIpc) is 2.69. The van der Waals surface area contributed by atoms with Gasteiger partial charge in [-0.2, -0.15) is 0 Å². The van der Waals surface area contributed by atoms with Gasteiger partial charge >= 0.3 is 0 Å². The number of nitrogens with one attached hydrogen (secondary N) is 1. The lowest BCUT2D eigenvalue weighted by Gasteiger charge is -2.03. The molecule has 3 rings (SSSR count). The van der Waals surface area contributed by atoms with Crippen LogP contribution in [0.25, 0.3) is 0 Å². The number of carbonyl (C=O) groups is 1. The summed E-state index contributed by atoms with van der Waals surface area (Å²) >= 11 is 0. The number of nitro groups is 1. The van der Waals surface area contributed by atoms with Crippen molar-refractivity contribution in [3.8, 4) is 11.5 Å². The predicted molar refractivity (Wildman–Crippen MR) is 99.4 cm³/mol. The van der Waals surface area contributed by atoms with Gasteiger partial charge in [0.15, 0.2) is 0 Å². The Morgan fingerprint density at radius 3 is 1.69 bits per heavy atom. The van der Waals surface area contributed by atoms with Gasteiger partial charge in [0.1, 0.15) is 11.5 Å². The zero-order chi connectivity index (χ0) is 18.8. The number of rotatable bonds is 4. The van der Waals surface area contributed by atoms with E-state index in [-0.39, 0.29) is 11.6 Å². The summed E-state index contributed by atoms with van der Waals surface area (Å²) in [6.45, 7) is 0. The summed E-state index contributed by atoms with van der Waals surface area (Å²) < 4.78 is 5.58. The summed E-state index contributed by atoms with van der Waals surface area (Å²) in [6, 6.07) is 24.9. The molecule has 1 amide bonds. The standard InChI is InChI=1S/C12H10O.C8H8N2O3/c1-3-7-11(8-4-1)13-12-9-5-2-6-10-12;1-9-8(11)6-2-4-7(5-3-6)10(12)13/h1-10H;2-5H,1H3,(H,9,11). The zero-order valence-electron chi connectivity index (χ0n) is 14.2. The normalized spacial score (nSPS) is 9.42. The number of benzene rings is 3. The van der Waals surface area contributed by atoms with E-state index in [1.54, 1.807) is 0 Å². The van der Waals surface area contributed by atoms with E-state index in [1.807, 2.05) is 60.7 Å². The predicted octanol–water partition coefficient (Wildman–Crippen LogP) is 4.43.